The van der Waals surface area contributed by atoms with Crippen molar-refractivity contribution in [3.8, 4) is 5.75 Å². The third-order valence-corrected chi connectivity index (χ3v) is 9.12. The predicted octanol–water partition coefficient (Wildman–Crippen LogP) is 5.92. The molecule has 0 saturated carbocycles. The normalized spacial score (nSPS) is 20.0. The van der Waals surface area contributed by atoms with Crippen molar-refractivity contribution in [2.75, 3.05) is 20.3 Å². The molecule has 4 aromatic rings. The molecule has 52 heavy (non-hydrogen) atoms. The number of ether oxygens (including phenoxy) is 3. The standard InChI is InChI=1S/C43H48N2O7/c1-50-30-39-41(34-17-9-4-10-18-34)52-43(49)36(25-31-13-5-2-6-14-31)20-12-11-19-35(42(48)45-39)27-40(47)44-37(28-46)26-32-21-23-38(24-22-32)51-29-33-15-7-3-8-16-33/h2-18,21-24,35-37,39,41,46H,19-20,25-30H2,1H3,(H,44,47)(H,45,48)/t35-,36-,37+,39+,41+/m1/s1. The fourth-order valence-corrected chi connectivity index (χ4v) is 6.32. The van der Waals surface area contributed by atoms with Crippen LogP contribution in [0.2, 0.25) is 0 Å². The molecular formula is C43H48N2O7. The number of allylic oxidation sites excluding steroid dienone is 2. The maximum atomic E-state index is 13.9. The van der Waals surface area contributed by atoms with Gasteiger partial charge in [0.2, 0.25) is 11.8 Å². The molecule has 1 heterocycles. The van der Waals surface area contributed by atoms with Gasteiger partial charge in [-0.1, -0.05) is 115 Å². The molecule has 1 aliphatic rings. The Kier molecular flexibility index (Phi) is 14.6. The van der Waals surface area contributed by atoms with Crippen LogP contribution in [0.3, 0.4) is 0 Å². The molecule has 0 radical (unpaired) electrons. The van der Waals surface area contributed by atoms with Gasteiger partial charge in [0.05, 0.1) is 37.1 Å². The van der Waals surface area contributed by atoms with Gasteiger partial charge in [-0.15, -0.1) is 0 Å². The molecule has 0 saturated heterocycles. The summed E-state index contributed by atoms with van der Waals surface area (Å²) in [4.78, 5) is 41.0. The lowest BCUT2D eigenvalue weighted by molar-refractivity contribution is -0.158. The Balaban J connectivity index is 1.27. The summed E-state index contributed by atoms with van der Waals surface area (Å²) in [6.45, 7) is 0.273. The van der Waals surface area contributed by atoms with Crippen LogP contribution in [0.5, 0.6) is 5.75 Å². The number of amides is 2. The van der Waals surface area contributed by atoms with Crippen molar-refractivity contribution < 1.29 is 33.7 Å². The lowest BCUT2D eigenvalue weighted by Crippen LogP contribution is -2.48. The van der Waals surface area contributed by atoms with Gasteiger partial charge in [0.25, 0.3) is 0 Å². The topological polar surface area (TPSA) is 123 Å². The highest BCUT2D eigenvalue weighted by molar-refractivity contribution is 5.86. The first-order valence-electron chi connectivity index (χ1n) is 17.8. The molecule has 0 unspecified atom stereocenters. The fourth-order valence-electron chi connectivity index (χ4n) is 6.32. The Hall–Kier alpha value is -5.25. The van der Waals surface area contributed by atoms with Crippen LogP contribution in [0, 0.1) is 11.8 Å². The highest BCUT2D eigenvalue weighted by atomic mass is 16.5. The monoisotopic (exact) mass is 704 g/mol. The number of aliphatic hydroxyl groups excluding tert-OH is 1. The zero-order valence-corrected chi connectivity index (χ0v) is 29.6. The van der Waals surface area contributed by atoms with E-state index in [1.54, 1.807) is 0 Å². The Morgan fingerprint density at radius 2 is 1.44 bits per heavy atom. The van der Waals surface area contributed by atoms with Crippen LogP contribution < -0.4 is 15.4 Å². The van der Waals surface area contributed by atoms with E-state index in [0.717, 1.165) is 28.0 Å². The van der Waals surface area contributed by atoms with E-state index in [2.05, 4.69) is 10.6 Å². The molecule has 3 N–H and O–H groups in total. The van der Waals surface area contributed by atoms with E-state index in [4.69, 9.17) is 14.2 Å². The zero-order valence-electron chi connectivity index (χ0n) is 29.6. The minimum atomic E-state index is -0.817. The van der Waals surface area contributed by atoms with Crippen LogP contribution in [-0.4, -0.2) is 55.3 Å². The summed E-state index contributed by atoms with van der Waals surface area (Å²) in [6.07, 6.45) is 4.43. The van der Waals surface area contributed by atoms with Crippen molar-refractivity contribution >= 4 is 17.8 Å². The number of carbonyl (C=O) groups is 3. The average Bonchev–Trinajstić information content (AvgIpc) is 3.17. The van der Waals surface area contributed by atoms with Gasteiger partial charge in [0.15, 0.2) is 0 Å². The van der Waals surface area contributed by atoms with E-state index in [1.807, 2.05) is 127 Å². The number of esters is 1. The molecule has 9 heteroatoms. The molecule has 0 aliphatic carbocycles. The molecule has 5 atom stereocenters. The third kappa shape index (κ3) is 11.6. The van der Waals surface area contributed by atoms with Gasteiger partial charge in [0, 0.05) is 13.5 Å². The van der Waals surface area contributed by atoms with Gasteiger partial charge in [-0.25, -0.2) is 0 Å². The Morgan fingerprint density at radius 3 is 2.08 bits per heavy atom. The maximum Gasteiger partial charge on any atom is 0.310 e. The van der Waals surface area contributed by atoms with Gasteiger partial charge in [-0.05, 0) is 60.1 Å². The summed E-state index contributed by atoms with van der Waals surface area (Å²) in [5.41, 5.74) is 3.73. The predicted molar refractivity (Wildman–Crippen MR) is 199 cm³/mol. The summed E-state index contributed by atoms with van der Waals surface area (Å²) in [7, 11) is 1.53. The number of carbonyl (C=O) groups excluding carboxylic acids is 3. The van der Waals surface area contributed by atoms with E-state index in [1.165, 1.54) is 7.11 Å². The highest BCUT2D eigenvalue weighted by Gasteiger charge is 2.34. The molecule has 0 fully saturated rings. The third-order valence-electron chi connectivity index (χ3n) is 9.12. The van der Waals surface area contributed by atoms with Crippen molar-refractivity contribution in [2.45, 2.75) is 56.9 Å². The molecule has 0 bridgehead atoms. The summed E-state index contributed by atoms with van der Waals surface area (Å²) >= 11 is 0. The Morgan fingerprint density at radius 1 is 0.827 bits per heavy atom. The van der Waals surface area contributed by atoms with Crippen molar-refractivity contribution in [2.24, 2.45) is 11.8 Å². The first kappa shape index (κ1) is 38.0. The van der Waals surface area contributed by atoms with E-state index in [9.17, 15) is 19.5 Å². The van der Waals surface area contributed by atoms with Crippen LogP contribution in [0.4, 0.5) is 0 Å². The highest BCUT2D eigenvalue weighted by Crippen LogP contribution is 2.27. The molecule has 9 nitrogen and oxygen atoms in total. The van der Waals surface area contributed by atoms with Crippen molar-refractivity contribution in [1.82, 2.24) is 10.6 Å². The first-order valence-corrected chi connectivity index (χ1v) is 17.8. The van der Waals surface area contributed by atoms with Gasteiger partial charge >= 0.3 is 5.97 Å². The number of rotatable bonds is 14. The quantitative estimate of drug-likeness (QED) is 0.110. The van der Waals surface area contributed by atoms with Crippen molar-refractivity contribution in [3.05, 3.63) is 150 Å². The summed E-state index contributed by atoms with van der Waals surface area (Å²) in [5, 5.41) is 16.1. The minimum Gasteiger partial charge on any atom is -0.489 e. The number of cyclic esters (lactones) is 1. The smallest absolute Gasteiger partial charge is 0.310 e. The van der Waals surface area contributed by atoms with Crippen molar-refractivity contribution in [1.29, 1.82) is 0 Å². The average molecular weight is 705 g/mol. The number of benzene rings is 4. The first-order chi connectivity index (χ1) is 25.4. The van der Waals surface area contributed by atoms with Crippen LogP contribution >= 0.6 is 0 Å². The Bertz CT molecular complexity index is 1720. The molecule has 5 rings (SSSR count). The lowest BCUT2D eigenvalue weighted by Gasteiger charge is -2.31. The van der Waals surface area contributed by atoms with Gasteiger partial charge in [-0.3, -0.25) is 14.4 Å². The summed E-state index contributed by atoms with van der Waals surface area (Å²) < 4.78 is 17.6. The molecule has 0 spiro atoms. The molecule has 4 aromatic carbocycles. The molecule has 0 aromatic heterocycles. The molecule has 2 amide bonds. The SMILES string of the molecule is COC[C@@H]1NC(=O)[C@@H](CC(=O)N[C@H](CO)Cc2ccc(OCc3ccccc3)cc2)CC=CC[C@H](Cc2ccccc2)C(=O)O[C@H]1c1ccccc1. The summed E-state index contributed by atoms with van der Waals surface area (Å²) in [5.74, 6) is -1.51. The van der Waals surface area contributed by atoms with Crippen LogP contribution in [0.25, 0.3) is 0 Å². The van der Waals surface area contributed by atoms with E-state index in [0.29, 0.717) is 25.9 Å². The number of aliphatic hydroxyl groups is 1. The summed E-state index contributed by atoms with van der Waals surface area (Å²) in [6, 6.07) is 35.3. The number of methoxy groups -OCH3 is 1. The lowest BCUT2D eigenvalue weighted by atomic mass is 9.93. The fraction of sp³-hybridized carbons (Fsp3) is 0.326. The number of hydrogen-bond donors (Lipinski definition) is 3. The maximum absolute atomic E-state index is 13.9. The minimum absolute atomic E-state index is 0.0827. The van der Waals surface area contributed by atoms with Gasteiger partial charge in [-0.2, -0.15) is 0 Å². The van der Waals surface area contributed by atoms with Crippen LogP contribution in [0.1, 0.15) is 47.6 Å². The molecule has 1 aliphatic heterocycles. The number of hydrogen-bond acceptors (Lipinski definition) is 7. The van der Waals surface area contributed by atoms with Crippen LogP contribution in [0.15, 0.2) is 127 Å². The molecular weight excluding hydrogens is 656 g/mol. The zero-order chi connectivity index (χ0) is 36.5. The van der Waals surface area contributed by atoms with Gasteiger partial charge < -0.3 is 30.0 Å². The van der Waals surface area contributed by atoms with E-state index in [-0.39, 0.29) is 43.8 Å². The number of nitrogens with one attached hydrogen (secondary N) is 2. The van der Waals surface area contributed by atoms with Crippen LogP contribution in [-0.2, 0) is 43.3 Å². The second-order valence-electron chi connectivity index (χ2n) is 13.1. The van der Waals surface area contributed by atoms with Crippen molar-refractivity contribution in [3.63, 3.8) is 0 Å². The second-order valence-corrected chi connectivity index (χ2v) is 13.1. The van der Waals surface area contributed by atoms with Gasteiger partial charge in [0.1, 0.15) is 18.5 Å². The second kappa shape index (κ2) is 20.0. The van der Waals surface area contributed by atoms with E-state index < -0.39 is 30.0 Å². The largest absolute Gasteiger partial charge is 0.489 e. The Labute approximate surface area is 306 Å². The van der Waals surface area contributed by atoms with E-state index >= 15 is 0 Å². The molecule has 272 valence electrons.